The third-order valence-electron chi connectivity index (χ3n) is 3.02. The van der Waals surface area contributed by atoms with Crippen LogP contribution in [0.4, 0.5) is 13.2 Å². The van der Waals surface area contributed by atoms with Crippen molar-refractivity contribution < 1.29 is 23.1 Å². The average Bonchev–Trinajstić information content (AvgIpc) is 2.52. The lowest BCUT2D eigenvalue weighted by Gasteiger charge is -2.13. The highest BCUT2D eigenvalue weighted by Gasteiger charge is 2.18. The molecule has 1 unspecified atom stereocenters. The Morgan fingerprint density at radius 2 is 1.65 bits per heavy atom. The van der Waals surface area contributed by atoms with Gasteiger partial charge in [0.2, 0.25) is 5.91 Å². The number of carbonyl (C=O) groups is 1. The number of nitrogens with one attached hydrogen (secondary N) is 1. The number of carbonyl (C=O) groups excluding carboxylic acids is 1. The molecule has 2 aromatic carbocycles. The van der Waals surface area contributed by atoms with E-state index in [1.807, 2.05) is 0 Å². The van der Waals surface area contributed by atoms with Crippen molar-refractivity contribution in [1.29, 1.82) is 0 Å². The minimum Gasteiger partial charge on any atom is -0.386 e. The zero-order valence-electron chi connectivity index (χ0n) is 11.9. The van der Waals surface area contributed by atoms with Crippen molar-refractivity contribution in [2.75, 3.05) is 12.3 Å². The van der Waals surface area contributed by atoms with Crippen molar-refractivity contribution in [2.45, 2.75) is 11.0 Å². The monoisotopic (exact) mass is 341 g/mol. The van der Waals surface area contributed by atoms with Gasteiger partial charge >= 0.3 is 0 Å². The first-order valence-corrected chi connectivity index (χ1v) is 7.73. The molecule has 122 valence electrons. The van der Waals surface area contributed by atoms with E-state index in [0.717, 1.165) is 23.9 Å². The summed E-state index contributed by atoms with van der Waals surface area (Å²) in [6, 6.07) is 9.24. The van der Waals surface area contributed by atoms with Gasteiger partial charge in [-0.1, -0.05) is 18.2 Å². The molecule has 0 heterocycles. The molecule has 0 aliphatic rings. The number of hydrogen-bond acceptors (Lipinski definition) is 3. The summed E-state index contributed by atoms with van der Waals surface area (Å²) in [7, 11) is 0. The van der Waals surface area contributed by atoms with Crippen molar-refractivity contribution in [2.24, 2.45) is 0 Å². The molecule has 0 aromatic heterocycles. The minimum absolute atomic E-state index is 0.0760. The molecule has 2 aromatic rings. The van der Waals surface area contributed by atoms with Gasteiger partial charge in [-0.3, -0.25) is 4.79 Å². The van der Waals surface area contributed by atoms with Crippen molar-refractivity contribution in [3.8, 4) is 0 Å². The molecule has 0 saturated heterocycles. The Morgan fingerprint density at radius 1 is 1.04 bits per heavy atom. The molecule has 7 heteroatoms. The Hall–Kier alpha value is -1.99. The van der Waals surface area contributed by atoms with Crippen LogP contribution in [-0.2, 0) is 4.79 Å². The minimum atomic E-state index is -1.50. The quantitative estimate of drug-likeness (QED) is 0.794. The summed E-state index contributed by atoms with van der Waals surface area (Å²) in [6.45, 7) is -0.339. The molecule has 1 amide bonds. The van der Waals surface area contributed by atoms with E-state index in [4.69, 9.17) is 0 Å². The van der Waals surface area contributed by atoms with Crippen LogP contribution in [0, 0.1) is 17.5 Å². The van der Waals surface area contributed by atoms with E-state index in [-0.39, 0.29) is 12.3 Å². The third-order valence-corrected chi connectivity index (χ3v) is 4.07. The van der Waals surface area contributed by atoms with Gasteiger partial charge in [0, 0.05) is 11.4 Å². The van der Waals surface area contributed by atoms with Gasteiger partial charge in [-0.05, 0) is 24.3 Å². The Morgan fingerprint density at radius 3 is 2.30 bits per heavy atom. The highest BCUT2D eigenvalue weighted by molar-refractivity contribution is 8.00. The SMILES string of the molecule is O=C(CSc1ccccc1F)NCC(O)c1c(F)cccc1F. The molecule has 0 saturated carbocycles. The highest BCUT2D eigenvalue weighted by Crippen LogP contribution is 2.22. The molecular weight excluding hydrogens is 327 g/mol. The first kappa shape index (κ1) is 17.4. The fraction of sp³-hybridized carbons (Fsp3) is 0.188. The van der Waals surface area contributed by atoms with Crippen LogP contribution in [0.1, 0.15) is 11.7 Å². The number of hydrogen-bond donors (Lipinski definition) is 2. The summed E-state index contributed by atoms with van der Waals surface area (Å²) < 4.78 is 40.3. The first-order valence-electron chi connectivity index (χ1n) is 6.75. The molecule has 23 heavy (non-hydrogen) atoms. The molecule has 1 atom stereocenters. The van der Waals surface area contributed by atoms with Crippen LogP contribution in [0.2, 0.25) is 0 Å². The maximum Gasteiger partial charge on any atom is 0.230 e. The smallest absolute Gasteiger partial charge is 0.230 e. The second-order valence-electron chi connectivity index (χ2n) is 4.67. The van der Waals surface area contributed by atoms with Gasteiger partial charge in [-0.2, -0.15) is 0 Å². The summed E-state index contributed by atoms with van der Waals surface area (Å²) in [5.41, 5.74) is -0.491. The van der Waals surface area contributed by atoms with Gasteiger partial charge in [0.15, 0.2) is 0 Å². The van der Waals surface area contributed by atoms with Crippen LogP contribution < -0.4 is 5.32 Å². The number of thioether (sulfide) groups is 1. The van der Waals surface area contributed by atoms with Gasteiger partial charge in [-0.15, -0.1) is 11.8 Å². The van der Waals surface area contributed by atoms with Crippen LogP contribution in [-0.4, -0.2) is 23.3 Å². The lowest BCUT2D eigenvalue weighted by molar-refractivity contribution is -0.119. The molecule has 0 aliphatic heterocycles. The maximum atomic E-state index is 13.5. The fourth-order valence-electron chi connectivity index (χ4n) is 1.90. The molecule has 0 aliphatic carbocycles. The molecule has 2 rings (SSSR count). The average molecular weight is 341 g/mol. The van der Waals surface area contributed by atoms with E-state index in [1.54, 1.807) is 12.1 Å². The van der Waals surface area contributed by atoms with E-state index in [0.29, 0.717) is 4.90 Å². The summed E-state index contributed by atoms with van der Waals surface area (Å²) in [4.78, 5) is 12.0. The zero-order chi connectivity index (χ0) is 16.8. The third kappa shape index (κ3) is 4.74. The van der Waals surface area contributed by atoms with E-state index in [2.05, 4.69) is 5.32 Å². The van der Waals surface area contributed by atoms with Gasteiger partial charge in [0.25, 0.3) is 0 Å². The lowest BCUT2D eigenvalue weighted by Crippen LogP contribution is -2.30. The molecule has 2 N–H and O–H groups in total. The second kappa shape index (κ2) is 8.03. The van der Waals surface area contributed by atoms with Crippen molar-refractivity contribution >= 4 is 17.7 Å². The summed E-state index contributed by atoms with van der Waals surface area (Å²) in [5, 5.41) is 12.2. The predicted molar refractivity (Wildman–Crippen MR) is 81.5 cm³/mol. The number of rotatable bonds is 6. The van der Waals surface area contributed by atoms with Crippen molar-refractivity contribution in [1.82, 2.24) is 5.32 Å². The van der Waals surface area contributed by atoms with E-state index in [1.165, 1.54) is 18.2 Å². The van der Waals surface area contributed by atoms with Crippen molar-refractivity contribution in [3.05, 3.63) is 65.5 Å². The summed E-state index contributed by atoms with van der Waals surface area (Å²) in [6.07, 6.45) is -1.50. The molecule has 0 spiro atoms. The van der Waals surface area contributed by atoms with E-state index in [9.17, 15) is 23.1 Å². The Balaban J connectivity index is 1.86. The highest BCUT2D eigenvalue weighted by atomic mass is 32.2. The largest absolute Gasteiger partial charge is 0.386 e. The number of halogens is 3. The van der Waals surface area contributed by atoms with Crippen LogP contribution in [0.3, 0.4) is 0 Å². The predicted octanol–water partition coefficient (Wildman–Crippen LogP) is 3.05. The molecular formula is C16H14F3NO2S. The Labute approximate surface area is 135 Å². The van der Waals surface area contributed by atoms with Gasteiger partial charge in [0.05, 0.1) is 11.3 Å². The van der Waals surface area contributed by atoms with Gasteiger partial charge < -0.3 is 10.4 Å². The number of benzene rings is 2. The van der Waals surface area contributed by atoms with Crippen molar-refractivity contribution in [3.63, 3.8) is 0 Å². The summed E-state index contributed by atoms with van der Waals surface area (Å²) in [5.74, 6) is -2.75. The Kier molecular flexibility index (Phi) is 6.06. The molecule has 0 bridgehead atoms. The zero-order valence-corrected chi connectivity index (χ0v) is 12.7. The number of aliphatic hydroxyl groups excluding tert-OH is 1. The normalized spacial score (nSPS) is 12.0. The maximum absolute atomic E-state index is 13.5. The number of aliphatic hydroxyl groups is 1. The standard InChI is InChI=1S/C16H14F3NO2S/c17-10-4-1-2-7-14(10)23-9-15(22)20-8-13(21)16-11(18)5-3-6-12(16)19/h1-7,13,21H,8-9H2,(H,20,22). The fourth-order valence-corrected chi connectivity index (χ4v) is 2.67. The first-order chi connectivity index (χ1) is 11.0. The van der Waals surface area contributed by atoms with Crippen LogP contribution in [0.25, 0.3) is 0 Å². The second-order valence-corrected chi connectivity index (χ2v) is 5.69. The van der Waals surface area contributed by atoms with Crippen LogP contribution in [0.15, 0.2) is 47.4 Å². The Bertz CT molecular complexity index is 677. The number of amides is 1. The molecule has 3 nitrogen and oxygen atoms in total. The summed E-state index contributed by atoms with van der Waals surface area (Å²) >= 11 is 0.992. The van der Waals surface area contributed by atoms with Gasteiger partial charge in [0.1, 0.15) is 23.6 Å². The molecule has 0 fully saturated rings. The van der Waals surface area contributed by atoms with Crippen LogP contribution >= 0.6 is 11.8 Å². The van der Waals surface area contributed by atoms with Crippen LogP contribution in [0.5, 0.6) is 0 Å². The van der Waals surface area contributed by atoms with E-state index < -0.39 is 35.0 Å². The van der Waals surface area contributed by atoms with Gasteiger partial charge in [-0.25, -0.2) is 13.2 Å². The lowest BCUT2D eigenvalue weighted by atomic mass is 10.1. The van der Waals surface area contributed by atoms with E-state index >= 15 is 0 Å². The molecule has 0 radical (unpaired) electrons. The topological polar surface area (TPSA) is 49.3 Å².